The highest BCUT2D eigenvalue weighted by Crippen LogP contribution is 1.89. The first kappa shape index (κ1) is 17.8. The lowest BCUT2D eigenvalue weighted by atomic mass is 10.3. The van der Waals surface area contributed by atoms with Crippen molar-refractivity contribution < 1.29 is 18.9 Å². The van der Waals surface area contributed by atoms with E-state index in [4.69, 9.17) is 18.9 Å². The highest BCUT2D eigenvalue weighted by atomic mass is 16.5. The van der Waals surface area contributed by atoms with Crippen LogP contribution in [-0.2, 0) is 18.9 Å². The van der Waals surface area contributed by atoms with Gasteiger partial charge in [-0.25, -0.2) is 0 Å². The first-order valence-electron chi connectivity index (χ1n) is 7.72. The van der Waals surface area contributed by atoms with E-state index in [1.54, 1.807) is 0 Å². The van der Waals surface area contributed by atoms with Crippen LogP contribution < -0.4 is 10.6 Å². The monoisotopic (exact) mass is 290 g/mol. The van der Waals surface area contributed by atoms with Crippen molar-refractivity contribution in [3.8, 4) is 0 Å². The topological polar surface area (TPSA) is 61.0 Å². The zero-order valence-corrected chi connectivity index (χ0v) is 12.5. The molecule has 0 aromatic heterocycles. The number of hydrogen-bond acceptors (Lipinski definition) is 6. The van der Waals surface area contributed by atoms with E-state index < -0.39 is 0 Å². The predicted octanol–water partition coefficient (Wildman–Crippen LogP) is 0.0258. The molecule has 0 unspecified atom stereocenters. The molecule has 6 nitrogen and oxygen atoms in total. The Balaban J connectivity index is 2.00. The van der Waals surface area contributed by atoms with Crippen molar-refractivity contribution in [3.63, 3.8) is 0 Å². The molecule has 0 saturated carbocycles. The molecule has 1 heterocycles. The zero-order valence-electron chi connectivity index (χ0n) is 12.5. The fourth-order valence-corrected chi connectivity index (χ4v) is 1.78. The van der Waals surface area contributed by atoms with Crippen LogP contribution in [0.4, 0.5) is 0 Å². The normalized spacial score (nSPS) is 24.0. The summed E-state index contributed by atoms with van der Waals surface area (Å²) in [5, 5.41) is 6.62. The van der Waals surface area contributed by atoms with Gasteiger partial charge in [0.1, 0.15) is 0 Å². The van der Waals surface area contributed by atoms with Crippen molar-refractivity contribution >= 4 is 0 Å². The summed E-state index contributed by atoms with van der Waals surface area (Å²) >= 11 is 0. The third-order valence-corrected chi connectivity index (χ3v) is 2.91. The number of hydrogen-bond donors (Lipinski definition) is 2. The van der Waals surface area contributed by atoms with Gasteiger partial charge < -0.3 is 29.6 Å². The Morgan fingerprint density at radius 1 is 0.400 bits per heavy atom. The van der Waals surface area contributed by atoms with Crippen molar-refractivity contribution in [2.24, 2.45) is 0 Å². The van der Waals surface area contributed by atoms with E-state index in [1.165, 1.54) is 0 Å². The van der Waals surface area contributed by atoms with Gasteiger partial charge in [-0.1, -0.05) is 0 Å². The average molecular weight is 290 g/mol. The summed E-state index contributed by atoms with van der Waals surface area (Å²) in [7, 11) is 0. The fraction of sp³-hybridized carbons (Fsp3) is 1.00. The van der Waals surface area contributed by atoms with E-state index >= 15 is 0 Å². The quantitative estimate of drug-likeness (QED) is 0.656. The molecule has 0 spiro atoms. The van der Waals surface area contributed by atoms with E-state index in [1.807, 2.05) is 0 Å². The minimum Gasteiger partial charge on any atom is -0.379 e. The molecule has 0 aromatic rings. The molecular weight excluding hydrogens is 260 g/mol. The number of ether oxygens (including phenoxy) is 4. The molecule has 2 N–H and O–H groups in total. The SMILES string of the molecule is C1CCOCCOCCNCCOCCOCCNC1. The third kappa shape index (κ3) is 12.8. The fourth-order valence-electron chi connectivity index (χ4n) is 1.78. The largest absolute Gasteiger partial charge is 0.379 e. The Morgan fingerprint density at radius 2 is 0.850 bits per heavy atom. The Labute approximate surface area is 122 Å². The van der Waals surface area contributed by atoms with Crippen LogP contribution in [-0.4, -0.2) is 79.0 Å². The molecular formula is C14H30N2O4. The number of nitrogens with one attached hydrogen (secondary N) is 2. The molecule has 0 atom stereocenters. The summed E-state index contributed by atoms with van der Waals surface area (Å²) in [5.41, 5.74) is 0. The van der Waals surface area contributed by atoms with Crippen LogP contribution in [0.5, 0.6) is 0 Å². The van der Waals surface area contributed by atoms with Gasteiger partial charge in [0.2, 0.25) is 0 Å². The Morgan fingerprint density at radius 3 is 1.40 bits per heavy atom. The lowest BCUT2D eigenvalue weighted by Crippen LogP contribution is -2.25. The smallest absolute Gasteiger partial charge is 0.0701 e. The Hall–Kier alpha value is -0.240. The number of rotatable bonds is 0. The maximum atomic E-state index is 5.50. The molecule has 6 heteroatoms. The van der Waals surface area contributed by atoms with Gasteiger partial charge >= 0.3 is 0 Å². The van der Waals surface area contributed by atoms with Gasteiger partial charge in [-0.2, -0.15) is 0 Å². The second-order valence-corrected chi connectivity index (χ2v) is 4.66. The van der Waals surface area contributed by atoms with Crippen LogP contribution in [0.2, 0.25) is 0 Å². The summed E-state index contributed by atoms with van der Waals surface area (Å²) in [6.07, 6.45) is 2.22. The second-order valence-electron chi connectivity index (χ2n) is 4.66. The lowest BCUT2D eigenvalue weighted by molar-refractivity contribution is 0.0412. The van der Waals surface area contributed by atoms with Gasteiger partial charge in [0, 0.05) is 26.2 Å². The summed E-state index contributed by atoms with van der Waals surface area (Å²) in [5.74, 6) is 0. The summed E-state index contributed by atoms with van der Waals surface area (Å²) in [4.78, 5) is 0. The first-order chi connectivity index (χ1) is 10.0. The van der Waals surface area contributed by atoms with Crippen molar-refractivity contribution in [1.82, 2.24) is 10.6 Å². The maximum Gasteiger partial charge on any atom is 0.0701 e. The Kier molecular flexibility index (Phi) is 13.5. The predicted molar refractivity (Wildman–Crippen MR) is 78.2 cm³/mol. The molecule has 120 valence electrons. The minimum absolute atomic E-state index is 0.662. The van der Waals surface area contributed by atoms with Crippen molar-refractivity contribution in [3.05, 3.63) is 0 Å². The molecule has 0 aromatic carbocycles. The molecule has 20 heavy (non-hydrogen) atoms. The zero-order chi connectivity index (χ0) is 14.1. The van der Waals surface area contributed by atoms with Crippen LogP contribution in [0.15, 0.2) is 0 Å². The van der Waals surface area contributed by atoms with Crippen molar-refractivity contribution in [2.45, 2.75) is 12.8 Å². The molecule has 1 saturated heterocycles. The van der Waals surface area contributed by atoms with Gasteiger partial charge in [0.05, 0.1) is 46.2 Å². The van der Waals surface area contributed by atoms with Gasteiger partial charge in [-0.15, -0.1) is 0 Å². The molecule has 0 aliphatic carbocycles. The molecule has 1 rings (SSSR count). The highest BCUT2D eigenvalue weighted by molar-refractivity contribution is 4.49. The highest BCUT2D eigenvalue weighted by Gasteiger charge is 1.95. The minimum atomic E-state index is 0.662. The standard InChI is InChI=1S/C14H30N2O4/c1-2-7-17-11-12-19-9-5-16-6-10-20-14-13-18-8-4-15-3-1/h15-16H,1-14H2. The van der Waals surface area contributed by atoms with E-state index in [9.17, 15) is 0 Å². The van der Waals surface area contributed by atoms with E-state index in [-0.39, 0.29) is 0 Å². The van der Waals surface area contributed by atoms with Crippen LogP contribution in [0.1, 0.15) is 12.8 Å². The Bertz CT molecular complexity index is 110. The molecule has 0 radical (unpaired) electrons. The maximum absolute atomic E-state index is 5.50. The molecule has 1 fully saturated rings. The van der Waals surface area contributed by atoms with E-state index in [0.29, 0.717) is 33.0 Å². The van der Waals surface area contributed by atoms with Crippen LogP contribution in [0, 0.1) is 0 Å². The van der Waals surface area contributed by atoms with Gasteiger partial charge in [0.15, 0.2) is 0 Å². The summed E-state index contributed by atoms with van der Waals surface area (Å²) in [6, 6.07) is 0. The molecule has 0 bridgehead atoms. The van der Waals surface area contributed by atoms with Gasteiger partial charge in [-0.05, 0) is 19.4 Å². The summed E-state index contributed by atoms with van der Waals surface area (Å²) < 4.78 is 21.9. The molecule has 1 aliphatic rings. The van der Waals surface area contributed by atoms with Gasteiger partial charge in [0.25, 0.3) is 0 Å². The first-order valence-corrected chi connectivity index (χ1v) is 7.72. The van der Waals surface area contributed by atoms with Crippen LogP contribution in [0.25, 0.3) is 0 Å². The molecule has 1 aliphatic heterocycles. The van der Waals surface area contributed by atoms with E-state index in [0.717, 1.165) is 58.8 Å². The van der Waals surface area contributed by atoms with Crippen LogP contribution in [0.3, 0.4) is 0 Å². The molecule has 0 amide bonds. The van der Waals surface area contributed by atoms with Crippen molar-refractivity contribution in [2.75, 3.05) is 79.0 Å². The average Bonchev–Trinajstić information content (AvgIpc) is 2.46. The van der Waals surface area contributed by atoms with Gasteiger partial charge in [-0.3, -0.25) is 0 Å². The van der Waals surface area contributed by atoms with Crippen molar-refractivity contribution in [1.29, 1.82) is 0 Å². The van der Waals surface area contributed by atoms with Crippen LogP contribution >= 0.6 is 0 Å². The van der Waals surface area contributed by atoms with E-state index in [2.05, 4.69) is 10.6 Å². The second kappa shape index (κ2) is 15.2. The third-order valence-electron chi connectivity index (χ3n) is 2.91. The summed E-state index contributed by atoms with van der Waals surface area (Å²) in [6.45, 7) is 9.30. The lowest BCUT2D eigenvalue weighted by Gasteiger charge is -2.09.